The molecule has 0 saturated heterocycles. The van der Waals surface area contributed by atoms with E-state index in [9.17, 15) is 4.79 Å². The summed E-state index contributed by atoms with van der Waals surface area (Å²) in [4.78, 5) is 12.6. The average Bonchev–Trinajstić information content (AvgIpc) is 2.91. The Bertz CT molecular complexity index is 893. The fourth-order valence-electron chi connectivity index (χ4n) is 2.71. The number of fused-ring (bicyclic) bond motifs is 1. The van der Waals surface area contributed by atoms with Crippen LogP contribution in [0.25, 0.3) is 11.0 Å². The summed E-state index contributed by atoms with van der Waals surface area (Å²) in [6.45, 7) is 6.13. The molecule has 3 rings (SSSR count). The number of carbonyl (C=O) groups excluding carboxylic acids is 1. The third-order valence-corrected chi connectivity index (χ3v) is 4.16. The van der Waals surface area contributed by atoms with Gasteiger partial charge in [0.2, 0.25) is 0 Å². The Morgan fingerprint density at radius 1 is 1.17 bits per heavy atom. The van der Waals surface area contributed by atoms with E-state index in [4.69, 9.17) is 9.15 Å². The van der Waals surface area contributed by atoms with Crippen LogP contribution in [0, 0.1) is 6.92 Å². The lowest BCUT2D eigenvalue weighted by Crippen LogP contribution is -2.12. The summed E-state index contributed by atoms with van der Waals surface area (Å²) in [5.74, 6) is 1.22. The quantitative estimate of drug-likeness (QED) is 0.724. The highest BCUT2D eigenvalue weighted by Crippen LogP contribution is 2.29. The van der Waals surface area contributed by atoms with Crippen molar-refractivity contribution in [2.45, 2.75) is 26.7 Å². The van der Waals surface area contributed by atoms with Crippen molar-refractivity contribution in [1.82, 2.24) is 0 Å². The number of ether oxygens (including phenoxy) is 1. The number of rotatable bonds is 4. The zero-order valence-corrected chi connectivity index (χ0v) is 14.3. The van der Waals surface area contributed by atoms with Gasteiger partial charge in [0, 0.05) is 16.6 Å². The molecule has 4 heteroatoms. The Balaban J connectivity index is 1.91. The summed E-state index contributed by atoms with van der Waals surface area (Å²) >= 11 is 0. The van der Waals surface area contributed by atoms with Gasteiger partial charge >= 0.3 is 0 Å². The lowest BCUT2D eigenvalue weighted by atomic mass is 10.0. The first-order valence-corrected chi connectivity index (χ1v) is 7.98. The minimum absolute atomic E-state index is 0.247. The van der Waals surface area contributed by atoms with Gasteiger partial charge in [-0.3, -0.25) is 4.79 Å². The van der Waals surface area contributed by atoms with E-state index >= 15 is 0 Å². The first kappa shape index (κ1) is 16.1. The molecule has 0 aliphatic heterocycles. The number of benzene rings is 2. The smallest absolute Gasteiger partial charge is 0.291 e. The van der Waals surface area contributed by atoms with Gasteiger partial charge in [0.25, 0.3) is 5.91 Å². The molecule has 3 aromatic rings. The predicted molar refractivity (Wildman–Crippen MR) is 96.0 cm³/mol. The van der Waals surface area contributed by atoms with Crippen LogP contribution in [0.4, 0.5) is 5.69 Å². The second kappa shape index (κ2) is 6.40. The summed E-state index contributed by atoms with van der Waals surface area (Å²) in [5, 5.41) is 3.80. The highest BCUT2D eigenvalue weighted by Gasteiger charge is 2.18. The van der Waals surface area contributed by atoms with Crippen LogP contribution in [-0.2, 0) is 0 Å². The monoisotopic (exact) mass is 323 g/mol. The zero-order valence-electron chi connectivity index (χ0n) is 14.3. The van der Waals surface area contributed by atoms with Crippen molar-refractivity contribution in [3.63, 3.8) is 0 Å². The normalized spacial score (nSPS) is 11.0. The molecule has 0 saturated carbocycles. The summed E-state index contributed by atoms with van der Waals surface area (Å²) in [5.41, 5.74) is 3.43. The van der Waals surface area contributed by atoms with Crippen LogP contribution >= 0.6 is 0 Å². The number of hydrogen-bond acceptors (Lipinski definition) is 3. The van der Waals surface area contributed by atoms with Gasteiger partial charge in [-0.15, -0.1) is 0 Å². The van der Waals surface area contributed by atoms with Crippen molar-refractivity contribution in [1.29, 1.82) is 0 Å². The Hall–Kier alpha value is -2.75. The molecule has 1 amide bonds. The predicted octanol–water partition coefficient (Wildman–Crippen LogP) is 5.13. The van der Waals surface area contributed by atoms with Crippen LogP contribution in [0.2, 0.25) is 0 Å². The molecule has 0 aliphatic rings. The third kappa shape index (κ3) is 3.00. The maximum absolute atomic E-state index is 12.6. The number of carbonyl (C=O) groups is 1. The Morgan fingerprint density at radius 2 is 1.96 bits per heavy atom. The van der Waals surface area contributed by atoms with Gasteiger partial charge in [0.1, 0.15) is 11.3 Å². The summed E-state index contributed by atoms with van der Waals surface area (Å²) < 4.78 is 11.0. The molecule has 0 atom stereocenters. The molecule has 0 aliphatic carbocycles. The van der Waals surface area contributed by atoms with Crippen LogP contribution < -0.4 is 10.1 Å². The van der Waals surface area contributed by atoms with Crippen molar-refractivity contribution >= 4 is 22.6 Å². The SMILES string of the molecule is COc1ccc2oc(C(=O)Nc3cccc(C(C)C)c3)c(C)c2c1. The second-order valence-corrected chi connectivity index (χ2v) is 6.15. The van der Waals surface area contributed by atoms with Gasteiger partial charge in [-0.05, 0) is 48.7 Å². The van der Waals surface area contributed by atoms with Gasteiger partial charge in [0.05, 0.1) is 7.11 Å². The molecule has 1 aromatic heterocycles. The number of anilines is 1. The van der Waals surface area contributed by atoms with Crippen molar-refractivity contribution in [3.05, 3.63) is 59.4 Å². The van der Waals surface area contributed by atoms with Crippen molar-refractivity contribution < 1.29 is 13.9 Å². The van der Waals surface area contributed by atoms with E-state index < -0.39 is 0 Å². The first-order valence-electron chi connectivity index (χ1n) is 7.98. The van der Waals surface area contributed by atoms with Crippen molar-refractivity contribution in [2.75, 3.05) is 12.4 Å². The van der Waals surface area contributed by atoms with E-state index in [1.807, 2.05) is 43.3 Å². The highest BCUT2D eigenvalue weighted by molar-refractivity contribution is 6.06. The highest BCUT2D eigenvalue weighted by atomic mass is 16.5. The zero-order chi connectivity index (χ0) is 17.3. The number of furan rings is 1. The number of nitrogens with one attached hydrogen (secondary N) is 1. The number of aryl methyl sites for hydroxylation is 1. The number of amides is 1. The van der Waals surface area contributed by atoms with Crippen LogP contribution in [-0.4, -0.2) is 13.0 Å². The standard InChI is InChI=1S/C20H21NO3/c1-12(2)14-6-5-7-15(10-14)21-20(22)19-13(3)17-11-16(23-4)8-9-18(17)24-19/h5-12H,1-4H3,(H,21,22). The maximum Gasteiger partial charge on any atom is 0.291 e. The van der Waals surface area contributed by atoms with Gasteiger partial charge < -0.3 is 14.5 Å². The molecule has 1 heterocycles. The topological polar surface area (TPSA) is 51.5 Å². The molecule has 124 valence electrons. The van der Waals surface area contributed by atoms with E-state index in [2.05, 4.69) is 25.2 Å². The molecule has 2 aromatic carbocycles. The molecular weight excluding hydrogens is 302 g/mol. The van der Waals surface area contributed by atoms with E-state index in [1.165, 1.54) is 5.56 Å². The van der Waals surface area contributed by atoms with Gasteiger partial charge in [0.15, 0.2) is 5.76 Å². The third-order valence-electron chi connectivity index (χ3n) is 4.16. The Morgan fingerprint density at radius 3 is 2.67 bits per heavy atom. The lowest BCUT2D eigenvalue weighted by Gasteiger charge is -2.09. The number of hydrogen-bond donors (Lipinski definition) is 1. The summed E-state index contributed by atoms with van der Waals surface area (Å²) in [7, 11) is 1.62. The summed E-state index contributed by atoms with van der Waals surface area (Å²) in [6, 6.07) is 13.4. The molecule has 0 unspecified atom stereocenters. The first-order chi connectivity index (χ1) is 11.5. The molecule has 1 N–H and O–H groups in total. The number of methoxy groups -OCH3 is 1. The molecule has 0 fully saturated rings. The molecule has 0 bridgehead atoms. The van der Waals surface area contributed by atoms with E-state index in [0.717, 1.165) is 22.4 Å². The molecule has 0 radical (unpaired) electrons. The fourth-order valence-corrected chi connectivity index (χ4v) is 2.71. The second-order valence-electron chi connectivity index (χ2n) is 6.15. The van der Waals surface area contributed by atoms with Gasteiger partial charge in [-0.1, -0.05) is 26.0 Å². The summed E-state index contributed by atoms with van der Waals surface area (Å²) in [6.07, 6.45) is 0. The largest absolute Gasteiger partial charge is 0.497 e. The van der Waals surface area contributed by atoms with E-state index in [0.29, 0.717) is 17.3 Å². The van der Waals surface area contributed by atoms with E-state index in [-0.39, 0.29) is 5.91 Å². The molecule has 4 nitrogen and oxygen atoms in total. The van der Waals surface area contributed by atoms with Gasteiger partial charge in [-0.25, -0.2) is 0 Å². The maximum atomic E-state index is 12.6. The molecular formula is C20H21NO3. The van der Waals surface area contributed by atoms with Gasteiger partial charge in [-0.2, -0.15) is 0 Å². The Kier molecular flexibility index (Phi) is 4.30. The minimum Gasteiger partial charge on any atom is -0.497 e. The van der Waals surface area contributed by atoms with Crippen LogP contribution in [0.15, 0.2) is 46.9 Å². The van der Waals surface area contributed by atoms with E-state index in [1.54, 1.807) is 7.11 Å². The van der Waals surface area contributed by atoms with Crippen LogP contribution in [0.3, 0.4) is 0 Å². The van der Waals surface area contributed by atoms with Crippen molar-refractivity contribution in [2.24, 2.45) is 0 Å². The average molecular weight is 323 g/mol. The molecule has 24 heavy (non-hydrogen) atoms. The van der Waals surface area contributed by atoms with Crippen LogP contribution in [0.1, 0.15) is 41.4 Å². The lowest BCUT2D eigenvalue weighted by molar-refractivity contribution is 0.0998. The molecule has 0 spiro atoms. The Labute approximate surface area is 141 Å². The minimum atomic E-state index is -0.247. The van der Waals surface area contributed by atoms with Crippen molar-refractivity contribution in [3.8, 4) is 5.75 Å². The fraction of sp³-hybridized carbons (Fsp3) is 0.250. The van der Waals surface area contributed by atoms with Crippen LogP contribution in [0.5, 0.6) is 5.75 Å².